The minimum absolute atomic E-state index is 0.0605. The van der Waals surface area contributed by atoms with Crippen LogP contribution in [0, 0.1) is 17.0 Å². The molecule has 0 spiro atoms. The molecule has 0 amide bonds. The van der Waals surface area contributed by atoms with E-state index in [2.05, 4.69) is 25.2 Å². The fourth-order valence-corrected chi connectivity index (χ4v) is 8.06. The quantitative estimate of drug-likeness (QED) is 0.235. The zero-order valence-corrected chi connectivity index (χ0v) is 25.5. The predicted octanol–water partition coefficient (Wildman–Crippen LogP) is 5.93. The lowest BCUT2D eigenvalue weighted by Gasteiger charge is -2.34. The monoisotopic (exact) mass is 663 g/mol. The van der Waals surface area contributed by atoms with Gasteiger partial charge in [-0.1, -0.05) is 11.3 Å². The molecule has 244 valence electrons. The third-order valence-electron chi connectivity index (χ3n) is 9.73. The maximum atomic E-state index is 16.8. The number of hydrogen-bond acceptors (Lipinski definition) is 9. The van der Waals surface area contributed by atoms with Crippen LogP contribution >= 0.6 is 11.3 Å². The maximum Gasteiger partial charge on any atom is 0.417 e. The Bertz CT molecular complexity index is 1830. The van der Waals surface area contributed by atoms with Crippen molar-refractivity contribution in [2.75, 3.05) is 50.0 Å². The van der Waals surface area contributed by atoms with Crippen LogP contribution in [0.5, 0.6) is 6.01 Å². The first-order valence-corrected chi connectivity index (χ1v) is 16.2. The fourth-order valence-electron chi connectivity index (χ4n) is 7.29. The van der Waals surface area contributed by atoms with Crippen molar-refractivity contribution in [3.05, 3.63) is 35.4 Å². The zero-order chi connectivity index (χ0) is 32.0. The number of anilines is 2. The van der Waals surface area contributed by atoms with Crippen LogP contribution in [0.1, 0.15) is 37.7 Å². The fraction of sp³-hybridized carbons (Fsp3) is 0.516. The molecule has 4 fully saturated rings. The number of halogens is 6. The molecule has 0 radical (unpaired) electrons. The molecule has 8 rings (SSSR count). The normalized spacial score (nSPS) is 24.4. The molecule has 3 N–H and O–H groups in total. The molecule has 3 aliphatic heterocycles. The van der Waals surface area contributed by atoms with Gasteiger partial charge in [0.1, 0.15) is 23.3 Å². The molecule has 4 aromatic rings. The molecule has 46 heavy (non-hydrogen) atoms. The van der Waals surface area contributed by atoms with E-state index in [-0.39, 0.29) is 67.7 Å². The highest BCUT2D eigenvalue weighted by Gasteiger charge is 2.46. The Labute approximate surface area is 263 Å². The Morgan fingerprint density at radius 2 is 1.78 bits per heavy atom. The van der Waals surface area contributed by atoms with Gasteiger partial charge in [-0.15, -0.1) is 0 Å². The van der Waals surface area contributed by atoms with Crippen molar-refractivity contribution >= 4 is 43.4 Å². The molecule has 8 nitrogen and oxygen atoms in total. The van der Waals surface area contributed by atoms with E-state index < -0.39 is 35.1 Å². The Balaban J connectivity index is 1.26. The number of piperazine rings is 1. The zero-order valence-electron chi connectivity index (χ0n) is 24.6. The number of fused-ring (bicyclic) bond motifs is 4. The van der Waals surface area contributed by atoms with Crippen molar-refractivity contribution in [3.63, 3.8) is 0 Å². The van der Waals surface area contributed by atoms with Gasteiger partial charge in [0.05, 0.1) is 22.4 Å². The smallest absolute Gasteiger partial charge is 0.417 e. The second-order valence-corrected chi connectivity index (χ2v) is 14.1. The van der Waals surface area contributed by atoms with E-state index in [9.17, 15) is 22.0 Å². The van der Waals surface area contributed by atoms with Gasteiger partial charge in [-0.05, 0) is 50.3 Å². The van der Waals surface area contributed by atoms with Crippen LogP contribution in [0.4, 0.5) is 37.3 Å². The summed E-state index contributed by atoms with van der Waals surface area (Å²) in [7, 11) is 0. The lowest BCUT2D eigenvalue weighted by Crippen LogP contribution is -2.51. The second kappa shape index (κ2) is 10.8. The number of benzene rings is 2. The van der Waals surface area contributed by atoms with Crippen molar-refractivity contribution in [1.82, 2.24) is 25.2 Å². The largest absolute Gasteiger partial charge is 0.463 e. The van der Waals surface area contributed by atoms with Gasteiger partial charge in [0.15, 0.2) is 10.9 Å². The summed E-state index contributed by atoms with van der Waals surface area (Å²) in [6.07, 6.45) is -1.77. The summed E-state index contributed by atoms with van der Waals surface area (Å²) in [6, 6.07) is 3.05. The number of nitrogen functional groups attached to an aromatic ring is 1. The Morgan fingerprint density at radius 1 is 1.02 bits per heavy atom. The summed E-state index contributed by atoms with van der Waals surface area (Å²) >= 11 is 0.772. The van der Waals surface area contributed by atoms with Crippen LogP contribution in [-0.4, -0.2) is 77.4 Å². The van der Waals surface area contributed by atoms with E-state index in [4.69, 9.17) is 10.5 Å². The molecule has 4 aliphatic rings. The second-order valence-electron chi connectivity index (χ2n) is 13.1. The van der Waals surface area contributed by atoms with Gasteiger partial charge in [-0.3, -0.25) is 4.90 Å². The molecule has 2 unspecified atom stereocenters. The SMILES string of the molecule is Nc1nc2c(-c3c(C(F)(F)F)cc4c(N5CC6CCC(C5)N6)nc(OCC5(CN6CC[C@@H](F)C6)CC5)nc4c3F)ccc(F)c2s1. The Hall–Kier alpha value is -3.43. The molecule has 5 heterocycles. The molecule has 3 saturated heterocycles. The first-order chi connectivity index (χ1) is 22.0. The minimum atomic E-state index is -4.98. The van der Waals surface area contributed by atoms with Crippen LogP contribution in [0.3, 0.4) is 0 Å². The molecule has 2 aromatic heterocycles. The van der Waals surface area contributed by atoms with E-state index in [0.29, 0.717) is 39.1 Å². The number of likely N-dealkylation sites (tertiary alicyclic amines) is 1. The van der Waals surface area contributed by atoms with Crippen LogP contribution < -0.4 is 20.7 Å². The lowest BCUT2D eigenvalue weighted by atomic mass is 9.95. The van der Waals surface area contributed by atoms with Crippen molar-refractivity contribution in [2.45, 2.75) is 56.5 Å². The summed E-state index contributed by atoms with van der Waals surface area (Å²) in [5.74, 6) is -1.79. The molecule has 15 heteroatoms. The van der Waals surface area contributed by atoms with Gasteiger partial charge < -0.3 is 20.7 Å². The van der Waals surface area contributed by atoms with E-state index in [0.717, 1.165) is 55.2 Å². The van der Waals surface area contributed by atoms with Gasteiger partial charge in [-0.2, -0.15) is 23.1 Å². The predicted molar refractivity (Wildman–Crippen MR) is 163 cm³/mol. The molecular formula is C31H31F6N7OS. The average molecular weight is 664 g/mol. The number of nitrogens with two attached hydrogens (primary N) is 1. The standard InChI is InChI=1S/C31H31F6N7OS/c32-15-5-8-43(10-15)13-30(6-7-30)14-45-29-41-24-19(27(42-29)44-11-16-1-2-17(12-44)39-16)9-20(31(35,36)37)22(23(24)34)18-3-4-21(33)26-25(18)40-28(38)46-26/h3-4,9,15-17,39H,1-2,5-8,10-14H2,(H2,38,40)/t15-,16?,17?/m1/s1. The van der Waals surface area contributed by atoms with Gasteiger partial charge in [0.2, 0.25) is 0 Å². The highest BCUT2D eigenvalue weighted by atomic mass is 32.1. The summed E-state index contributed by atoms with van der Waals surface area (Å²) < 4.78 is 95.6. The summed E-state index contributed by atoms with van der Waals surface area (Å²) in [5.41, 5.74) is 2.80. The number of nitrogens with one attached hydrogen (secondary N) is 1. The number of ether oxygens (including phenoxy) is 1. The van der Waals surface area contributed by atoms with E-state index in [1.54, 1.807) is 0 Å². The summed E-state index contributed by atoms with van der Waals surface area (Å²) in [6.45, 7) is 2.87. The van der Waals surface area contributed by atoms with E-state index in [1.807, 2.05) is 4.90 Å². The molecule has 2 aromatic carbocycles. The Morgan fingerprint density at radius 3 is 2.46 bits per heavy atom. The highest BCUT2D eigenvalue weighted by Crippen LogP contribution is 2.48. The first-order valence-electron chi connectivity index (χ1n) is 15.4. The topological polar surface area (TPSA) is 92.4 Å². The van der Waals surface area contributed by atoms with Crippen LogP contribution in [-0.2, 0) is 6.18 Å². The first kappa shape index (κ1) is 29.9. The van der Waals surface area contributed by atoms with E-state index in [1.165, 1.54) is 0 Å². The van der Waals surface area contributed by atoms with Crippen molar-refractivity contribution in [3.8, 4) is 17.1 Å². The Kier molecular flexibility index (Phi) is 7.03. The van der Waals surface area contributed by atoms with Crippen LogP contribution in [0.2, 0.25) is 0 Å². The number of aromatic nitrogens is 3. The highest BCUT2D eigenvalue weighted by molar-refractivity contribution is 7.22. The number of nitrogens with zero attached hydrogens (tertiary/aromatic N) is 5. The summed E-state index contributed by atoms with van der Waals surface area (Å²) in [5, 5.41) is 3.34. The molecule has 3 atom stereocenters. The van der Waals surface area contributed by atoms with E-state index >= 15 is 4.39 Å². The van der Waals surface area contributed by atoms with Crippen molar-refractivity contribution in [2.24, 2.45) is 5.41 Å². The number of rotatable bonds is 7. The van der Waals surface area contributed by atoms with Gasteiger partial charge in [0.25, 0.3) is 0 Å². The van der Waals surface area contributed by atoms with Crippen molar-refractivity contribution < 1.29 is 31.1 Å². The van der Waals surface area contributed by atoms with Crippen LogP contribution in [0.15, 0.2) is 18.2 Å². The molecule has 1 saturated carbocycles. The number of thiazole rings is 1. The van der Waals surface area contributed by atoms with Gasteiger partial charge in [-0.25, -0.2) is 18.2 Å². The van der Waals surface area contributed by atoms with Gasteiger partial charge in [0, 0.05) is 66.7 Å². The maximum absolute atomic E-state index is 16.8. The average Bonchev–Trinajstić information content (AvgIpc) is 3.25. The minimum Gasteiger partial charge on any atom is -0.463 e. The lowest BCUT2D eigenvalue weighted by molar-refractivity contribution is -0.137. The van der Waals surface area contributed by atoms with Crippen LogP contribution in [0.25, 0.3) is 32.2 Å². The molecular weight excluding hydrogens is 632 g/mol. The number of alkyl halides is 4. The third-order valence-corrected chi connectivity index (χ3v) is 10.6. The van der Waals surface area contributed by atoms with Gasteiger partial charge >= 0.3 is 12.2 Å². The molecule has 2 bridgehead atoms. The third kappa shape index (κ3) is 5.29. The number of hydrogen-bond donors (Lipinski definition) is 2. The summed E-state index contributed by atoms with van der Waals surface area (Å²) in [4.78, 5) is 17.0. The molecule has 1 aliphatic carbocycles. The van der Waals surface area contributed by atoms with Crippen molar-refractivity contribution in [1.29, 1.82) is 0 Å².